The SMILES string of the molecule is COC(=O)c1c(NC(=O)CCSc2nnc(-c3ccco3)c(-c3ccco3)n2)sc(C)c1C. The molecule has 4 aromatic rings. The number of nitrogens with one attached hydrogen (secondary N) is 1. The molecule has 0 saturated heterocycles. The maximum Gasteiger partial charge on any atom is 0.341 e. The molecule has 0 spiro atoms. The van der Waals surface area contributed by atoms with Gasteiger partial charge in [0.2, 0.25) is 11.1 Å². The van der Waals surface area contributed by atoms with Crippen molar-refractivity contribution in [3.63, 3.8) is 0 Å². The molecule has 0 aliphatic carbocycles. The lowest BCUT2D eigenvalue weighted by atomic mass is 10.1. The van der Waals surface area contributed by atoms with E-state index in [1.807, 2.05) is 13.8 Å². The van der Waals surface area contributed by atoms with Crippen LogP contribution in [-0.4, -0.2) is 39.9 Å². The monoisotopic (exact) mass is 484 g/mol. The summed E-state index contributed by atoms with van der Waals surface area (Å²) < 4.78 is 15.8. The summed E-state index contributed by atoms with van der Waals surface area (Å²) in [5.74, 6) is 0.792. The minimum Gasteiger partial charge on any atom is -0.465 e. The Morgan fingerprint density at radius 3 is 2.42 bits per heavy atom. The summed E-state index contributed by atoms with van der Waals surface area (Å²) in [6.45, 7) is 3.72. The maximum absolute atomic E-state index is 12.5. The van der Waals surface area contributed by atoms with Crippen LogP contribution in [0.3, 0.4) is 0 Å². The minimum atomic E-state index is -0.469. The molecule has 0 aliphatic heterocycles. The Balaban J connectivity index is 1.43. The lowest BCUT2D eigenvalue weighted by molar-refractivity contribution is -0.115. The van der Waals surface area contributed by atoms with Gasteiger partial charge in [-0.2, -0.15) is 0 Å². The number of aromatic nitrogens is 3. The normalized spacial score (nSPS) is 10.9. The van der Waals surface area contributed by atoms with E-state index in [1.165, 1.54) is 30.2 Å². The number of rotatable bonds is 8. The van der Waals surface area contributed by atoms with Crippen LogP contribution >= 0.6 is 23.1 Å². The van der Waals surface area contributed by atoms with E-state index in [1.54, 1.807) is 36.8 Å². The van der Waals surface area contributed by atoms with Crippen LogP contribution in [0.25, 0.3) is 22.9 Å². The predicted octanol–water partition coefficient (Wildman–Crippen LogP) is 4.98. The number of thioether (sulfide) groups is 1. The van der Waals surface area contributed by atoms with E-state index >= 15 is 0 Å². The minimum absolute atomic E-state index is 0.195. The Labute approximate surface area is 197 Å². The van der Waals surface area contributed by atoms with Crippen LogP contribution in [0.2, 0.25) is 0 Å². The Morgan fingerprint density at radius 1 is 1.09 bits per heavy atom. The van der Waals surface area contributed by atoms with Crippen molar-refractivity contribution in [3.8, 4) is 22.9 Å². The standard InChI is InChI=1S/C22H20N4O5S2/c1-12-13(2)33-20(17(12)21(28)29-3)23-16(27)8-11-32-22-24-18(14-6-4-9-30-14)19(25-26-22)15-7-5-10-31-15/h4-7,9-10H,8,11H2,1-3H3,(H,23,27). The summed E-state index contributed by atoms with van der Waals surface area (Å²) in [4.78, 5) is 30.1. The molecule has 1 amide bonds. The average Bonchev–Trinajstić information content (AvgIpc) is 3.56. The largest absolute Gasteiger partial charge is 0.465 e. The second-order valence-electron chi connectivity index (χ2n) is 6.87. The van der Waals surface area contributed by atoms with Crippen molar-refractivity contribution in [1.29, 1.82) is 0 Å². The number of amides is 1. The number of anilines is 1. The molecule has 0 fully saturated rings. The Kier molecular flexibility index (Phi) is 6.90. The zero-order chi connectivity index (χ0) is 23.4. The second-order valence-corrected chi connectivity index (χ2v) is 9.16. The van der Waals surface area contributed by atoms with Crippen molar-refractivity contribution in [2.75, 3.05) is 18.2 Å². The summed E-state index contributed by atoms with van der Waals surface area (Å²) in [6, 6.07) is 7.07. The van der Waals surface area contributed by atoms with Crippen molar-refractivity contribution in [1.82, 2.24) is 15.2 Å². The van der Waals surface area contributed by atoms with Gasteiger partial charge in [-0.3, -0.25) is 4.79 Å². The number of esters is 1. The van der Waals surface area contributed by atoms with E-state index in [-0.39, 0.29) is 12.3 Å². The number of ether oxygens (including phenoxy) is 1. The first-order valence-corrected chi connectivity index (χ1v) is 11.7. The fourth-order valence-electron chi connectivity index (χ4n) is 3.02. The molecule has 33 heavy (non-hydrogen) atoms. The van der Waals surface area contributed by atoms with Crippen LogP contribution in [-0.2, 0) is 9.53 Å². The van der Waals surface area contributed by atoms with E-state index in [0.29, 0.717) is 44.4 Å². The quantitative estimate of drug-likeness (QED) is 0.273. The molecule has 0 unspecified atom stereocenters. The first kappa shape index (κ1) is 22.7. The number of thiophene rings is 1. The van der Waals surface area contributed by atoms with Gasteiger partial charge < -0.3 is 18.9 Å². The number of nitrogens with zero attached hydrogens (tertiary/aromatic N) is 3. The highest BCUT2D eigenvalue weighted by Crippen LogP contribution is 2.33. The number of furan rings is 2. The summed E-state index contributed by atoms with van der Waals surface area (Å²) in [6.07, 6.45) is 3.30. The molecule has 4 rings (SSSR count). The van der Waals surface area contributed by atoms with Crippen LogP contribution in [0, 0.1) is 13.8 Å². The van der Waals surface area contributed by atoms with Crippen LogP contribution < -0.4 is 5.32 Å². The molecule has 170 valence electrons. The Hall–Kier alpha value is -3.44. The van der Waals surface area contributed by atoms with Gasteiger partial charge >= 0.3 is 5.97 Å². The molecule has 11 heteroatoms. The van der Waals surface area contributed by atoms with E-state index in [9.17, 15) is 9.59 Å². The topological polar surface area (TPSA) is 120 Å². The molecule has 4 heterocycles. The molecule has 0 aliphatic rings. The van der Waals surface area contributed by atoms with Gasteiger partial charge in [-0.15, -0.1) is 21.5 Å². The lowest BCUT2D eigenvalue weighted by Crippen LogP contribution is -2.14. The molecule has 0 saturated carbocycles. The van der Waals surface area contributed by atoms with Gasteiger partial charge in [-0.1, -0.05) is 11.8 Å². The zero-order valence-electron chi connectivity index (χ0n) is 18.1. The fourth-order valence-corrected chi connectivity index (χ4v) is 4.81. The van der Waals surface area contributed by atoms with Crippen molar-refractivity contribution in [2.24, 2.45) is 0 Å². The molecule has 4 aromatic heterocycles. The predicted molar refractivity (Wildman–Crippen MR) is 124 cm³/mol. The highest BCUT2D eigenvalue weighted by molar-refractivity contribution is 7.99. The summed E-state index contributed by atoms with van der Waals surface area (Å²) in [7, 11) is 1.32. The third-order valence-corrected chi connectivity index (χ3v) is 6.73. The summed E-state index contributed by atoms with van der Waals surface area (Å²) >= 11 is 2.64. The molecule has 0 radical (unpaired) electrons. The summed E-state index contributed by atoms with van der Waals surface area (Å²) in [5.41, 5.74) is 2.17. The highest BCUT2D eigenvalue weighted by Gasteiger charge is 2.22. The molecular weight excluding hydrogens is 464 g/mol. The Morgan fingerprint density at radius 2 is 1.79 bits per heavy atom. The molecule has 0 aromatic carbocycles. The second kappa shape index (κ2) is 10.0. The van der Waals surface area contributed by atoms with Crippen LogP contribution in [0.5, 0.6) is 0 Å². The number of hydrogen-bond acceptors (Lipinski definition) is 10. The fraction of sp³-hybridized carbons (Fsp3) is 0.227. The molecule has 9 nitrogen and oxygen atoms in total. The van der Waals surface area contributed by atoms with Crippen LogP contribution in [0.1, 0.15) is 27.2 Å². The molecular formula is C22H20N4O5S2. The smallest absolute Gasteiger partial charge is 0.341 e. The number of carbonyl (C=O) groups is 2. The van der Waals surface area contributed by atoms with Crippen molar-refractivity contribution < 1.29 is 23.2 Å². The van der Waals surface area contributed by atoms with Gasteiger partial charge in [0.25, 0.3) is 0 Å². The van der Waals surface area contributed by atoms with Gasteiger partial charge in [-0.05, 0) is 43.7 Å². The van der Waals surface area contributed by atoms with E-state index in [2.05, 4.69) is 20.5 Å². The number of methoxy groups -OCH3 is 1. The van der Waals surface area contributed by atoms with Gasteiger partial charge in [0.1, 0.15) is 10.7 Å². The molecule has 0 bridgehead atoms. The van der Waals surface area contributed by atoms with Crippen LogP contribution in [0.4, 0.5) is 5.00 Å². The van der Waals surface area contributed by atoms with Crippen molar-refractivity contribution in [2.45, 2.75) is 25.4 Å². The summed E-state index contributed by atoms with van der Waals surface area (Å²) in [5, 5.41) is 12.1. The maximum atomic E-state index is 12.5. The third kappa shape index (κ3) is 4.99. The first-order valence-electron chi connectivity index (χ1n) is 9.91. The number of hydrogen-bond donors (Lipinski definition) is 1. The third-order valence-electron chi connectivity index (χ3n) is 4.76. The van der Waals surface area contributed by atoms with Gasteiger partial charge in [0, 0.05) is 17.1 Å². The van der Waals surface area contributed by atoms with Crippen molar-refractivity contribution in [3.05, 3.63) is 52.8 Å². The van der Waals surface area contributed by atoms with Gasteiger partial charge in [-0.25, -0.2) is 9.78 Å². The lowest BCUT2D eigenvalue weighted by Gasteiger charge is -2.07. The molecule has 0 atom stereocenters. The van der Waals surface area contributed by atoms with Gasteiger partial charge in [0.05, 0.1) is 25.2 Å². The first-order chi connectivity index (χ1) is 16.0. The van der Waals surface area contributed by atoms with E-state index in [0.717, 1.165) is 10.4 Å². The van der Waals surface area contributed by atoms with Crippen LogP contribution in [0.15, 0.2) is 50.8 Å². The van der Waals surface area contributed by atoms with Crippen molar-refractivity contribution >= 4 is 40.0 Å². The van der Waals surface area contributed by atoms with E-state index in [4.69, 9.17) is 13.6 Å². The molecule has 1 N–H and O–H groups in total. The number of carbonyl (C=O) groups excluding carboxylic acids is 2. The van der Waals surface area contributed by atoms with E-state index < -0.39 is 5.97 Å². The van der Waals surface area contributed by atoms with Gasteiger partial charge in [0.15, 0.2) is 17.2 Å². The Bertz CT molecular complexity index is 1270. The zero-order valence-corrected chi connectivity index (χ0v) is 19.7. The average molecular weight is 485 g/mol. The highest BCUT2D eigenvalue weighted by atomic mass is 32.2. The number of aryl methyl sites for hydroxylation is 1.